The summed E-state index contributed by atoms with van der Waals surface area (Å²) in [5.74, 6) is 0. The molecule has 1 atom stereocenters. The maximum Gasteiger partial charge on any atom is 0.0682 e. The fourth-order valence-electron chi connectivity index (χ4n) is 2.06. The van der Waals surface area contributed by atoms with Crippen LogP contribution >= 0.6 is 11.6 Å². The van der Waals surface area contributed by atoms with Crippen molar-refractivity contribution in [1.29, 1.82) is 0 Å². The van der Waals surface area contributed by atoms with Gasteiger partial charge in [-0.15, -0.1) is 0 Å². The molecule has 0 aliphatic carbocycles. The first-order valence-electron chi connectivity index (χ1n) is 6.49. The number of nitrogens with one attached hydrogen (secondary N) is 1. The summed E-state index contributed by atoms with van der Waals surface area (Å²) in [6, 6.07) is 13.2. The summed E-state index contributed by atoms with van der Waals surface area (Å²) in [5.41, 5.74) is 3.56. The molecule has 3 N–H and O–H groups in total. The molecule has 4 heteroatoms. The van der Waals surface area contributed by atoms with E-state index in [9.17, 15) is 10.2 Å². The Labute approximate surface area is 123 Å². The van der Waals surface area contributed by atoms with Crippen molar-refractivity contribution in [2.75, 3.05) is 5.32 Å². The predicted molar refractivity (Wildman–Crippen MR) is 81.8 cm³/mol. The van der Waals surface area contributed by atoms with E-state index in [1.807, 2.05) is 37.3 Å². The lowest BCUT2D eigenvalue weighted by molar-refractivity contribution is 0.281. The largest absolute Gasteiger partial charge is 0.392 e. The first-order valence-corrected chi connectivity index (χ1v) is 6.87. The zero-order valence-electron chi connectivity index (χ0n) is 11.3. The highest BCUT2D eigenvalue weighted by atomic mass is 35.5. The van der Waals surface area contributed by atoms with Crippen LogP contribution < -0.4 is 5.32 Å². The van der Waals surface area contributed by atoms with Crippen molar-refractivity contribution in [3.05, 3.63) is 64.2 Å². The van der Waals surface area contributed by atoms with Crippen LogP contribution in [0.15, 0.2) is 42.5 Å². The second-order valence-electron chi connectivity index (χ2n) is 4.74. The smallest absolute Gasteiger partial charge is 0.0682 e. The maximum absolute atomic E-state index is 9.18. The molecule has 0 radical (unpaired) electrons. The molecule has 0 spiro atoms. The van der Waals surface area contributed by atoms with Crippen molar-refractivity contribution in [3.63, 3.8) is 0 Å². The number of aliphatic hydroxyl groups excluding tert-OH is 2. The third-order valence-electron chi connectivity index (χ3n) is 3.22. The van der Waals surface area contributed by atoms with Gasteiger partial charge in [0.2, 0.25) is 0 Å². The molecule has 0 bridgehead atoms. The van der Waals surface area contributed by atoms with Gasteiger partial charge in [-0.25, -0.2) is 0 Å². The highest BCUT2D eigenvalue weighted by Gasteiger charge is 2.09. The Morgan fingerprint density at radius 2 is 1.75 bits per heavy atom. The van der Waals surface area contributed by atoms with E-state index < -0.39 is 0 Å². The average molecular weight is 292 g/mol. The summed E-state index contributed by atoms with van der Waals surface area (Å²) in [6.07, 6.45) is 0. The van der Waals surface area contributed by atoms with Gasteiger partial charge >= 0.3 is 0 Å². The first kappa shape index (κ1) is 14.9. The van der Waals surface area contributed by atoms with Crippen molar-refractivity contribution < 1.29 is 10.2 Å². The van der Waals surface area contributed by atoms with Gasteiger partial charge < -0.3 is 15.5 Å². The van der Waals surface area contributed by atoms with Gasteiger partial charge in [-0.05, 0) is 35.7 Å². The molecule has 0 fully saturated rings. The third kappa shape index (κ3) is 3.51. The van der Waals surface area contributed by atoms with E-state index in [1.165, 1.54) is 0 Å². The molecule has 0 aliphatic heterocycles. The normalized spacial score (nSPS) is 12.2. The molecule has 2 aromatic rings. The van der Waals surface area contributed by atoms with E-state index in [-0.39, 0.29) is 19.3 Å². The lowest BCUT2D eigenvalue weighted by atomic mass is 10.0. The van der Waals surface area contributed by atoms with Crippen molar-refractivity contribution in [2.45, 2.75) is 26.2 Å². The first-order chi connectivity index (χ1) is 9.63. The Bertz CT molecular complexity index is 586. The van der Waals surface area contributed by atoms with Gasteiger partial charge in [0, 0.05) is 6.04 Å². The van der Waals surface area contributed by atoms with Gasteiger partial charge in [0.15, 0.2) is 0 Å². The Morgan fingerprint density at radius 1 is 1.05 bits per heavy atom. The second-order valence-corrected chi connectivity index (χ2v) is 5.15. The molecule has 0 amide bonds. The van der Waals surface area contributed by atoms with Gasteiger partial charge in [0.1, 0.15) is 0 Å². The van der Waals surface area contributed by atoms with E-state index in [0.717, 1.165) is 22.4 Å². The van der Waals surface area contributed by atoms with Gasteiger partial charge in [-0.2, -0.15) is 0 Å². The standard InChI is InChI=1S/C16H18ClNO2/c1-11(14-4-2-3-12(7-14)9-19)18-16-8-13(10-20)5-6-15(16)17/h2-8,11,18-20H,9-10H2,1H3. The zero-order chi connectivity index (χ0) is 14.5. The summed E-state index contributed by atoms with van der Waals surface area (Å²) in [4.78, 5) is 0. The topological polar surface area (TPSA) is 52.5 Å². The lowest BCUT2D eigenvalue weighted by Crippen LogP contribution is -2.07. The fraction of sp³-hybridized carbons (Fsp3) is 0.250. The molecule has 0 heterocycles. The number of benzene rings is 2. The van der Waals surface area contributed by atoms with Crippen LogP contribution in [0.4, 0.5) is 5.69 Å². The zero-order valence-corrected chi connectivity index (χ0v) is 12.1. The minimum absolute atomic E-state index is 0.0137. The number of anilines is 1. The molecular formula is C16H18ClNO2. The van der Waals surface area contributed by atoms with Crippen molar-refractivity contribution >= 4 is 17.3 Å². The molecule has 2 rings (SSSR count). The molecule has 1 unspecified atom stereocenters. The maximum atomic E-state index is 9.18. The summed E-state index contributed by atoms with van der Waals surface area (Å²) in [6.45, 7) is 2.04. The van der Waals surface area contributed by atoms with Crippen LogP contribution in [0.25, 0.3) is 0 Å². The van der Waals surface area contributed by atoms with Crippen LogP contribution in [0.2, 0.25) is 5.02 Å². The van der Waals surface area contributed by atoms with Crippen LogP contribution in [0, 0.1) is 0 Å². The van der Waals surface area contributed by atoms with Crippen LogP contribution in [0.1, 0.15) is 29.7 Å². The summed E-state index contributed by atoms with van der Waals surface area (Å²) >= 11 is 6.16. The molecule has 106 valence electrons. The van der Waals surface area contributed by atoms with Crippen LogP contribution in [0.3, 0.4) is 0 Å². The quantitative estimate of drug-likeness (QED) is 0.790. The van der Waals surface area contributed by atoms with Gasteiger partial charge in [-0.3, -0.25) is 0 Å². The Balaban J connectivity index is 2.20. The summed E-state index contributed by atoms with van der Waals surface area (Å²) in [5, 5.41) is 22.3. The van der Waals surface area contributed by atoms with E-state index in [2.05, 4.69) is 5.32 Å². The number of aliphatic hydroxyl groups is 2. The van der Waals surface area contributed by atoms with Gasteiger partial charge in [0.05, 0.1) is 23.9 Å². The predicted octanol–water partition coefficient (Wildman–Crippen LogP) is 3.50. The van der Waals surface area contributed by atoms with Crippen LogP contribution in [-0.4, -0.2) is 10.2 Å². The Morgan fingerprint density at radius 3 is 2.45 bits per heavy atom. The van der Waals surface area contributed by atoms with Crippen molar-refractivity contribution in [3.8, 4) is 0 Å². The van der Waals surface area contributed by atoms with Crippen LogP contribution in [0.5, 0.6) is 0 Å². The molecule has 20 heavy (non-hydrogen) atoms. The van der Waals surface area contributed by atoms with E-state index in [4.69, 9.17) is 11.6 Å². The SMILES string of the molecule is CC(Nc1cc(CO)ccc1Cl)c1cccc(CO)c1. The van der Waals surface area contributed by atoms with Gasteiger partial charge in [0.25, 0.3) is 0 Å². The monoisotopic (exact) mass is 291 g/mol. The van der Waals surface area contributed by atoms with Crippen molar-refractivity contribution in [1.82, 2.24) is 0 Å². The van der Waals surface area contributed by atoms with Crippen molar-refractivity contribution in [2.24, 2.45) is 0 Å². The molecule has 0 aromatic heterocycles. The minimum Gasteiger partial charge on any atom is -0.392 e. The van der Waals surface area contributed by atoms with Gasteiger partial charge in [-0.1, -0.05) is 41.9 Å². The second kappa shape index (κ2) is 6.75. The average Bonchev–Trinajstić information content (AvgIpc) is 2.49. The Hall–Kier alpha value is -1.55. The van der Waals surface area contributed by atoms with Crippen LogP contribution in [-0.2, 0) is 13.2 Å². The highest BCUT2D eigenvalue weighted by molar-refractivity contribution is 6.33. The third-order valence-corrected chi connectivity index (χ3v) is 3.55. The molecule has 0 saturated carbocycles. The van der Waals surface area contributed by atoms with E-state index in [1.54, 1.807) is 12.1 Å². The van der Waals surface area contributed by atoms with E-state index >= 15 is 0 Å². The summed E-state index contributed by atoms with van der Waals surface area (Å²) in [7, 11) is 0. The molecule has 2 aromatic carbocycles. The number of hydrogen-bond acceptors (Lipinski definition) is 3. The number of halogens is 1. The molecule has 0 saturated heterocycles. The minimum atomic E-state index is -0.0137. The molecule has 3 nitrogen and oxygen atoms in total. The summed E-state index contributed by atoms with van der Waals surface area (Å²) < 4.78 is 0. The number of hydrogen-bond donors (Lipinski definition) is 3. The molecular weight excluding hydrogens is 274 g/mol. The Kier molecular flexibility index (Phi) is 5.01. The highest BCUT2D eigenvalue weighted by Crippen LogP contribution is 2.27. The van der Waals surface area contributed by atoms with E-state index in [0.29, 0.717) is 5.02 Å². The molecule has 0 aliphatic rings. The lowest BCUT2D eigenvalue weighted by Gasteiger charge is -2.18. The fourth-order valence-corrected chi connectivity index (χ4v) is 2.23. The number of rotatable bonds is 5.